The molecule has 0 aliphatic rings. The molecule has 0 aliphatic heterocycles. The van der Waals surface area contributed by atoms with Gasteiger partial charge in [-0.3, -0.25) is 4.72 Å². The molecule has 3 N–H and O–H groups in total. The number of benzene rings is 1. The van der Waals surface area contributed by atoms with Gasteiger partial charge in [0.2, 0.25) is 0 Å². The minimum absolute atomic E-state index is 0.0757. The van der Waals surface area contributed by atoms with Crippen LogP contribution in [0.2, 0.25) is 0 Å². The van der Waals surface area contributed by atoms with E-state index >= 15 is 0 Å². The van der Waals surface area contributed by atoms with Crippen LogP contribution in [-0.2, 0) is 10.2 Å². The quantitative estimate of drug-likeness (QED) is 0.785. The van der Waals surface area contributed by atoms with Crippen LogP contribution in [-0.4, -0.2) is 25.0 Å². The largest absolute Gasteiger partial charge is 0.478 e. The maximum absolute atomic E-state index is 11.9. The first-order chi connectivity index (χ1) is 8.52. The van der Waals surface area contributed by atoms with Crippen molar-refractivity contribution in [3.8, 4) is 0 Å². The monoisotopic (exact) mass is 286 g/mol. The molecule has 19 heavy (non-hydrogen) atoms. The molecule has 0 amide bonds. The molecule has 1 aromatic carbocycles. The summed E-state index contributed by atoms with van der Waals surface area (Å²) in [7, 11) is -3.83. The Balaban J connectivity index is 3.16. The van der Waals surface area contributed by atoms with Gasteiger partial charge in [-0.15, -0.1) is 0 Å². The van der Waals surface area contributed by atoms with Crippen LogP contribution in [0.15, 0.2) is 18.2 Å². The highest BCUT2D eigenvalue weighted by Crippen LogP contribution is 2.22. The van der Waals surface area contributed by atoms with E-state index in [1.54, 1.807) is 39.8 Å². The second-order valence-corrected chi connectivity index (χ2v) is 6.68. The summed E-state index contributed by atoms with van der Waals surface area (Å²) in [6, 6.07) is 4.55. The van der Waals surface area contributed by atoms with Crippen LogP contribution in [0.5, 0.6) is 0 Å². The van der Waals surface area contributed by atoms with Crippen molar-refractivity contribution in [2.45, 2.75) is 33.2 Å². The van der Waals surface area contributed by atoms with Crippen molar-refractivity contribution in [2.24, 2.45) is 0 Å². The van der Waals surface area contributed by atoms with Crippen molar-refractivity contribution in [2.75, 3.05) is 4.72 Å². The summed E-state index contributed by atoms with van der Waals surface area (Å²) in [6.07, 6.45) is 0. The number of nitrogens with one attached hydrogen (secondary N) is 2. The highest BCUT2D eigenvalue weighted by molar-refractivity contribution is 7.90. The van der Waals surface area contributed by atoms with E-state index in [9.17, 15) is 13.2 Å². The molecule has 0 bridgehead atoms. The van der Waals surface area contributed by atoms with Gasteiger partial charge in [-0.25, -0.2) is 4.79 Å². The van der Waals surface area contributed by atoms with Crippen molar-refractivity contribution < 1.29 is 18.3 Å². The molecule has 0 spiro atoms. The van der Waals surface area contributed by atoms with E-state index in [0.29, 0.717) is 5.56 Å². The molecule has 0 saturated heterocycles. The number of anilines is 1. The molecule has 106 valence electrons. The first kappa shape index (κ1) is 15.5. The third kappa shape index (κ3) is 4.53. The van der Waals surface area contributed by atoms with Crippen LogP contribution in [0.3, 0.4) is 0 Å². The fourth-order valence-corrected chi connectivity index (χ4v) is 2.94. The summed E-state index contributed by atoms with van der Waals surface area (Å²) in [5, 5.41) is 9.06. The average Bonchev–Trinajstić information content (AvgIpc) is 2.16. The topological polar surface area (TPSA) is 95.5 Å². The highest BCUT2D eigenvalue weighted by Gasteiger charge is 2.22. The lowest BCUT2D eigenvalue weighted by Crippen LogP contribution is -2.43. The first-order valence-electron chi connectivity index (χ1n) is 5.66. The number of carboxylic acids is 1. The van der Waals surface area contributed by atoms with Gasteiger partial charge in [0.1, 0.15) is 0 Å². The van der Waals surface area contributed by atoms with Gasteiger partial charge in [0, 0.05) is 5.54 Å². The molecule has 0 atom stereocenters. The lowest BCUT2D eigenvalue weighted by Gasteiger charge is -2.22. The number of para-hydroxylation sites is 1. The molecule has 1 aromatic rings. The van der Waals surface area contributed by atoms with Gasteiger partial charge in [0.25, 0.3) is 10.2 Å². The summed E-state index contributed by atoms with van der Waals surface area (Å²) in [5.41, 5.74) is -0.122. The molecule has 0 saturated carbocycles. The van der Waals surface area contributed by atoms with Crippen LogP contribution in [0.25, 0.3) is 0 Å². The summed E-state index contributed by atoms with van der Waals surface area (Å²) in [4.78, 5) is 11.1. The third-order valence-electron chi connectivity index (χ3n) is 2.18. The Morgan fingerprint density at radius 1 is 1.26 bits per heavy atom. The fraction of sp³-hybridized carbons (Fsp3) is 0.417. The second kappa shape index (κ2) is 5.18. The van der Waals surface area contributed by atoms with Crippen molar-refractivity contribution in [3.05, 3.63) is 29.3 Å². The van der Waals surface area contributed by atoms with E-state index in [1.165, 1.54) is 6.07 Å². The molecule has 0 fully saturated rings. The summed E-state index contributed by atoms with van der Waals surface area (Å²) < 4.78 is 28.5. The number of aryl methyl sites for hydroxylation is 1. The standard InChI is InChI=1S/C12H18N2O4S/c1-8-6-5-7-9(11(15)16)10(8)13-19(17,18)14-12(2,3)4/h5-7,13-14H,1-4H3,(H,15,16). The van der Waals surface area contributed by atoms with E-state index in [2.05, 4.69) is 9.44 Å². The van der Waals surface area contributed by atoms with Gasteiger partial charge in [0.15, 0.2) is 0 Å². The smallest absolute Gasteiger partial charge is 0.337 e. The Hall–Kier alpha value is -1.60. The zero-order valence-electron chi connectivity index (χ0n) is 11.3. The molecule has 0 aliphatic carbocycles. The Morgan fingerprint density at radius 3 is 2.32 bits per heavy atom. The van der Waals surface area contributed by atoms with Crippen LogP contribution in [0, 0.1) is 6.92 Å². The number of hydrogen-bond acceptors (Lipinski definition) is 3. The molecule has 0 radical (unpaired) electrons. The zero-order chi connectivity index (χ0) is 14.8. The Bertz CT molecular complexity index is 588. The van der Waals surface area contributed by atoms with Gasteiger partial charge in [-0.1, -0.05) is 12.1 Å². The molecule has 7 heteroatoms. The van der Waals surface area contributed by atoms with E-state index in [0.717, 1.165) is 0 Å². The normalized spacial score (nSPS) is 12.2. The van der Waals surface area contributed by atoms with Crippen molar-refractivity contribution >= 4 is 21.9 Å². The summed E-state index contributed by atoms with van der Waals surface area (Å²) in [5.74, 6) is -1.18. The second-order valence-electron chi connectivity index (χ2n) is 5.26. The van der Waals surface area contributed by atoms with Crippen LogP contribution in [0.4, 0.5) is 5.69 Å². The molecule has 6 nitrogen and oxygen atoms in total. The van der Waals surface area contributed by atoms with E-state index in [4.69, 9.17) is 5.11 Å². The van der Waals surface area contributed by atoms with Gasteiger partial charge < -0.3 is 5.11 Å². The van der Waals surface area contributed by atoms with Crippen LogP contribution >= 0.6 is 0 Å². The first-order valence-corrected chi connectivity index (χ1v) is 7.15. The van der Waals surface area contributed by atoms with Gasteiger partial charge in [0.05, 0.1) is 11.3 Å². The van der Waals surface area contributed by atoms with Crippen LogP contribution in [0.1, 0.15) is 36.7 Å². The lowest BCUT2D eigenvalue weighted by molar-refractivity contribution is 0.0698. The Morgan fingerprint density at radius 2 is 1.84 bits per heavy atom. The van der Waals surface area contributed by atoms with Gasteiger partial charge in [-0.2, -0.15) is 13.1 Å². The van der Waals surface area contributed by atoms with E-state index in [1.807, 2.05) is 0 Å². The lowest BCUT2D eigenvalue weighted by atomic mass is 10.1. The maximum atomic E-state index is 11.9. The van der Waals surface area contributed by atoms with Crippen molar-refractivity contribution in [1.82, 2.24) is 4.72 Å². The fourth-order valence-electron chi connectivity index (χ4n) is 1.54. The molecular formula is C12H18N2O4S. The van der Waals surface area contributed by atoms with Crippen LogP contribution < -0.4 is 9.44 Å². The number of carboxylic acid groups (broad SMARTS) is 1. The molecule has 0 heterocycles. The summed E-state index contributed by atoms with van der Waals surface area (Å²) >= 11 is 0. The van der Waals surface area contributed by atoms with Gasteiger partial charge in [-0.05, 0) is 39.3 Å². The maximum Gasteiger partial charge on any atom is 0.337 e. The SMILES string of the molecule is Cc1cccc(C(=O)O)c1NS(=O)(=O)NC(C)(C)C. The Labute approximate surface area is 113 Å². The summed E-state index contributed by atoms with van der Waals surface area (Å²) in [6.45, 7) is 6.73. The van der Waals surface area contributed by atoms with E-state index < -0.39 is 21.7 Å². The predicted molar refractivity (Wildman–Crippen MR) is 73.6 cm³/mol. The van der Waals surface area contributed by atoms with Crippen molar-refractivity contribution in [3.63, 3.8) is 0 Å². The molecule has 0 unspecified atom stereocenters. The number of rotatable bonds is 4. The van der Waals surface area contributed by atoms with Crippen molar-refractivity contribution in [1.29, 1.82) is 0 Å². The zero-order valence-corrected chi connectivity index (χ0v) is 12.1. The third-order valence-corrected chi connectivity index (χ3v) is 3.53. The minimum atomic E-state index is -3.83. The number of aromatic carboxylic acids is 1. The number of hydrogen-bond donors (Lipinski definition) is 3. The predicted octanol–water partition coefficient (Wildman–Crippen LogP) is 1.74. The molecular weight excluding hydrogens is 268 g/mol. The average molecular weight is 286 g/mol. The minimum Gasteiger partial charge on any atom is -0.478 e. The van der Waals surface area contributed by atoms with Gasteiger partial charge >= 0.3 is 5.97 Å². The highest BCUT2D eigenvalue weighted by atomic mass is 32.2. The number of carbonyl (C=O) groups is 1. The molecule has 1 rings (SSSR count). The Kier molecular flexibility index (Phi) is 4.21. The molecule has 0 aromatic heterocycles. The van der Waals surface area contributed by atoms with E-state index in [-0.39, 0.29) is 11.3 Å².